The number of nitro benzene ring substituents is 1. The molecule has 1 saturated heterocycles. The first kappa shape index (κ1) is 14.8. The fourth-order valence-electron chi connectivity index (χ4n) is 2.70. The number of anilines is 1. The zero-order valence-corrected chi connectivity index (χ0v) is 11.8. The Morgan fingerprint density at radius 3 is 2.86 bits per heavy atom. The van der Waals surface area contributed by atoms with Gasteiger partial charge in [0, 0.05) is 30.5 Å². The van der Waals surface area contributed by atoms with Gasteiger partial charge in [-0.3, -0.25) is 14.9 Å². The van der Waals surface area contributed by atoms with Crippen LogP contribution in [0.3, 0.4) is 0 Å². The van der Waals surface area contributed by atoms with E-state index in [1.54, 1.807) is 13.8 Å². The van der Waals surface area contributed by atoms with E-state index in [2.05, 4.69) is 10.0 Å². The SMILES string of the molecule is Cc1cc(C)c(N2CC(CN=[N+]=[N-])CC2=O)c([N+](=O)[O-])c1. The number of nitro groups is 1. The summed E-state index contributed by atoms with van der Waals surface area (Å²) in [6, 6.07) is 3.28. The summed E-state index contributed by atoms with van der Waals surface area (Å²) in [7, 11) is 0. The van der Waals surface area contributed by atoms with Gasteiger partial charge in [0.15, 0.2) is 0 Å². The minimum atomic E-state index is -0.469. The van der Waals surface area contributed by atoms with E-state index in [0.29, 0.717) is 17.8 Å². The van der Waals surface area contributed by atoms with Crippen molar-refractivity contribution in [2.75, 3.05) is 18.0 Å². The first-order valence-corrected chi connectivity index (χ1v) is 6.51. The summed E-state index contributed by atoms with van der Waals surface area (Å²) in [5.74, 6) is -0.281. The number of hydrogen-bond acceptors (Lipinski definition) is 4. The fraction of sp³-hybridized carbons (Fsp3) is 0.462. The molecule has 110 valence electrons. The molecule has 1 atom stereocenters. The van der Waals surface area contributed by atoms with Crippen LogP contribution in [0.4, 0.5) is 11.4 Å². The molecule has 0 saturated carbocycles. The van der Waals surface area contributed by atoms with Gasteiger partial charge in [0.1, 0.15) is 5.69 Å². The van der Waals surface area contributed by atoms with Crippen LogP contribution < -0.4 is 4.90 Å². The van der Waals surface area contributed by atoms with Crippen LogP contribution in [0.5, 0.6) is 0 Å². The molecule has 1 amide bonds. The van der Waals surface area contributed by atoms with Crippen molar-refractivity contribution < 1.29 is 9.72 Å². The third-order valence-electron chi connectivity index (χ3n) is 3.50. The quantitative estimate of drug-likeness (QED) is 0.279. The number of amides is 1. The summed E-state index contributed by atoms with van der Waals surface area (Å²) in [5, 5.41) is 14.7. The molecule has 1 fully saturated rings. The maximum absolute atomic E-state index is 12.1. The lowest BCUT2D eigenvalue weighted by molar-refractivity contribution is -0.384. The number of aryl methyl sites for hydroxylation is 2. The third-order valence-corrected chi connectivity index (χ3v) is 3.50. The molecule has 0 N–H and O–H groups in total. The number of rotatable bonds is 4. The number of hydrogen-bond donors (Lipinski definition) is 0. The van der Waals surface area contributed by atoms with E-state index in [4.69, 9.17) is 5.53 Å². The summed E-state index contributed by atoms with van der Waals surface area (Å²) in [4.78, 5) is 27.0. The van der Waals surface area contributed by atoms with Gasteiger partial charge in [0.2, 0.25) is 5.91 Å². The molecule has 21 heavy (non-hydrogen) atoms. The maximum atomic E-state index is 12.1. The lowest BCUT2D eigenvalue weighted by atomic mass is 10.1. The van der Waals surface area contributed by atoms with Crippen molar-refractivity contribution in [1.82, 2.24) is 0 Å². The molecule has 8 nitrogen and oxygen atoms in total. The standard InChI is InChI=1S/C13H15N5O3/c1-8-3-9(2)13(11(4-8)18(20)21)17-7-10(5-12(17)19)6-15-16-14/h3-4,10H,5-7H2,1-2H3. The first-order valence-electron chi connectivity index (χ1n) is 6.51. The van der Waals surface area contributed by atoms with E-state index in [0.717, 1.165) is 5.56 Å². The number of carbonyl (C=O) groups is 1. The van der Waals surface area contributed by atoms with Crippen molar-refractivity contribution in [2.24, 2.45) is 11.0 Å². The Balaban J connectivity index is 2.40. The molecule has 1 aromatic carbocycles. The Morgan fingerprint density at radius 1 is 1.52 bits per heavy atom. The van der Waals surface area contributed by atoms with E-state index in [1.807, 2.05) is 6.07 Å². The van der Waals surface area contributed by atoms with Crippen molar-refractivity contribution in [1.29, 1.82) is 0 Å². The maximum Gasteiger partial charge on any atom is 0.293 e. The molecule has 0 aliphatic carbocycles. The molecular weight excluding hydrogens is 274 g/mol. The van der Waals surface area contributed by atoms with Crippen LogP contribution in [-0.4, -0.2) is 23.9 Å². The van der Waals surface area contributed by atoms with E-state index >= 15 is 0 Å². The van der Waals surface area contributed by atoms with Gasteiger partial charge in [-0.25, -0.2) is 0 Å². The molecule has 1 aromatic rings. The van der Waals surface area contributed by atoms with Crippen LogP contribution in [0.25, 0.3) is 10.4 Å². The van der Waals surface area contributed by atoms with E-state index < -0.39 is 4.92 Å². The molecular formula is C13H15N5O3. The predicted octanol–water partition coefficient (Wildman–Crippen LogP) is 2.87. The summed E-state index contributed by atoms with van der Waals surface area (Å²) in [6.45, 7) is 4.09. The molecule has 1 aliphatic heterocycles. The van der Waals surface area contributed by atoms with Crippen molar-refractivity contribution in [3.63, 3.8) is 0 Å². The van der Waals surface area contributed by atoms with Crippen LogP contribution in [0.15, 0.2) is 17.2 Å². The van der Waals surface area contributed by atoms with Gasteiger partial charge in [-0.05, 0) is 36.4 Å². The molecule has 2 rings (SSSR count). The van der Waals surface area contributed by atoms with Crippen LogP contribution in [0, 0.1) is 29.9 Å². The summed E-state index contributed by atoms with van der Waals surface area (Å²) < 4.78 is 0. The fourth-order valence-corrected chi connectivity index (χ4v) is 2.70. The van der Waals surface area contributed by atoms with Crippen LogP contribution in [0.2, 0.25) is 0 Å². The number of carbonyl (C=O) groups excluding carboxylic acids is 1. The average Bonchev–Trinajstić information content (AvgIpc) is 2.76. The highest BCUT2D eigenvalue weighted by Gasteiger charge is 2.34. The van der Waals surface area contributed by atoms with Gasteiger partial charge in [0.05, 0.1) is 4.92 Å². The zero-order chi connectivity index (χ0) is 15.6. The van der Waals surface area contributed by atoms with Crippen molar-refractivity contribution in [2.45, 2.75) is 20.3 Å². The van der Waals surface area contributed by atoms with Crippen molar-refractivity contribution >= 4 is 17.3 Å². The number of azide groups is 1. The first-order chi connectivity index (χ1) is 9.93. The van der Waals surface area contributed by atoms with Gasteiger partial charge >= 0.3 is 0 Å². The third kappa shape index (κ3) is 2.95. The van der Waals surface area contributed by atoms with E-state index in [9.17, 15) is 14.9 Å². The second kappa shape index (κ2) is 5.80. The minimum Gasteiger partial charge on any atom is -0.306 e. The monoisotopic (exact) mass is 289 g/mol. The van der Waals surface area contributed by atoms with E-state index in [-0.39, 0.29) is 30.5 Å². The zero-order valence-electron chi connectivity index (χ0n) is 11.8. The highest BCUT2D eigenvalue weighted by molar-refractivity contribution is 5.98. The molecule has 0 aromatic heterocycles. The lowest BCUT2D eigenvalue weighted by Crippen LogP contribution is -2.26. The van der Waals surface area contributed by atoms with Crippen LogP contribution in [0.1, 0.15) is 17.5 Å². The minimum absolute atomic E-state index is 0.0646. The van der Waals surface area contributed by atoms with Crippen LogP contribution in [-0.2, 0) is 4.79 Å². The van der Waals surface area contributed by atoms with Crippen LogP contribution >= 0.6 is 0 Å². The molecule has 0 spiro atoms. The second-order valence-electron chi connectivity index (χ2n) is 5.19. The molecule has 1 heterocycles. The molecule has 0 radical (unpaired) electrons. The normalized spacial score (nSPS) is 17.7. The number of nitrogens with zero attached hydrogens (tertiary/aromatic N) is 5. The molecule has 1 unspecified atom stereocenters. The van der Waals surface area contributed by atoms with Gasteiger partial charge in [-0.1, -0.05) is 11.2 Å². The topological polar surface area (TPSA) is 112 Å². The Kier molecular flexibility index (Phi) is 4.09. The summed E-state index contributed by atoms with van der Waals surface area (Å²) >= 11 is 0. The van der Waals surface area contributed by atoms with Gasteiger partial charge < -0.3 is 4.90 Å². The highest BCUT2D eigenvalue weighted by Crippen LogP contribution is 2.36. The van der Waals surface area contributed by atoms with Gasteiger partial charge in [-0.15, -0.1) is 0 Å². The second-order valence-corrected chi connectivity index (χ2v) is 5.19. The Hall–Kier alpha value is -2.60. The molecule has 8 heteroatoms. The Bertz CT molecular complexity index is 651. The van der Waals surface area contributed by atoms with Crippen molar-refractivity contribution in [3.8, 4) is 0 Å². The average molecular weight is 289 g/mol. The van der Waals surface area contributed by atoms with E-state index in [1.165, 1.54) is 11.0 Å². The summed E-state index contributed by atoms with van der Waals surface area (Å²) in [6.07, 6.45) is 0.240. The Labute approximate surface area is 121 Å². The van der Waals surface area contributed by atoms with Crippen molar-refractivity contribution in [3.05, 3.63) is 43.8 Å². The molecule has 1 aliphatic rings. The molecule has 0 bridgehead atoms. The number of benzene rings is 1. The highest BCUT2D eigenvalue weighted by atomic mass is 16.6. The Morgan fingerprint density at radius 2 is 2.24 bits per heavy atom. The largest absolute Gasteiger partial charge is 0.306 e. The van der Waals surface area contributed by atoms with Gasteiger partial charge in [-0.2, -0.15) is 0 Å². The smallest absolute Gasteiger partial charge is 0.293 e. The predicted molar refractivity (Wildman–Crippen MR) is 77.0 cm³/mol. The lowest BCUT2D eigenvalue weighted by Gasteiger charge is -2.19. The van der Waals surface area contributed by atoms with Gasteiger partial charge in [0.25, 0.3) is 5.69 Å². The summed E-state index contributed by atoms with van der Waals surface area (Å²) in [5.41, 5.74) is 10.1.